The zero-order chi connectivity index (χ0) is 11.9. The number of hydrogen-bond acceptors (Lipinski definition) is 3. The number of amides is 1. The quantitative estimate of drug-likeness (QED) is 0.757. The molecule has 4 heteroatoms. The maximum Gasteiger partial charge on any atom is 0.415 e. The van der Waals surface area contributed by atoms with E-state index >= 15 is 0 Å². The molecule has 1 saturated heterocycles. The van der Waals surface area contributed by atoms with Gasteiger partial charge in [0.2, 0.25) is 0 Å². The van der Waals surface area contributed by atoms with Crippen LogP contribution in [0.1, 0.15) is 25.7 Å². The van der Waals surface area contributed by atoms with Gasteiger partial charge in [0.1, 0.15) is 6.61 Å². The summed E-state index contributed by atoms with van der Waals surface area (Å²) in [5.41, 5.74) is 7.19. The van der Waals surface area contributed by atoms with Crippen molar-refractivity contribution < 1.29 is 9.53 Å². The summed E-state index contributed by atoms with van der Waals surface area (Å²) in [5.74, 6) is 0. The highest BCUT2D eigenvalue weighted by atomic mass is 16.6. The average molecular weight is 232 g/mol. The second-order valence-corrected chi connectivity index (χ2v) is 4.92. The Morgan fingerprint density at radius 1 is 1.29 bits per heavy atom. The monoisotopic (exact) mass is 232 g/mol. The standard InChI is InChI=1S/C13H16N2O2/c14-10-4-3-5-11(8-10)15-12(16)17-9-13(15)6-1-2-7-13/h3-5,8H,1-2,6-7,9,14H2. The van der Waals surface area contributed by atoms with E-state index in [4.69, 9.17) is 10.5 Å². The molecule has 0 radical (unpaired) electrons. The van der Waals surface area contributed by atoms with Gasteiger partial charge in [0.15, 0.2) is 0 Å². The molecule has 3 rings (SSSR count). The van der Waals surface area contributed by atoms with Crippen molar-refractivity contribution >= 4 is 17.5 Å². The van der Waals surface area contributed by atoms with Gasteiger partial charge in [-0.05, 0) is 31.0 Å². The smallest absolute Gasteiger partial charge is 0.415 e. The Labute approximate surface area is 100 Å². The largest absolute Gasteiger partial charge is 0.447 e. The minimum atomic E-state index is -0.238. The molecule has 17 heavy (non-hydrogen) atoms. The predicted molar refractivity (Wildman–Crippen MR) is 65.9 cm³/mol. The summed E-state index contributed by atoms with van der Waals surface area (Å²) in [5, 5.41) is 0. The molecule has 0 atom stereocenters. The number of cyclic esters (lactones) is 1. The summed E-state index contributed by atoms with van der Waals surface area (Å²) in [6, 6.07) is 7.46. The first-order chi connectivity index (χ1) is 8.21. The minimum absolute atomic E-state index is 0.120. The van der Waals surface area contributed by atoms with Crippen molar-refractivity contribution in [3.05, 3.63) is 24.3 Å². The van der Waals surface area contributed by atoms with Crippen molar-refractivity contribution in [1.82, 2.24) is 0 Å². The number of carbonyl (C=O) groups is 1. The number of nitrogen functional groups attached to an aromatic ring is 1. The van der Waals surface area contributed by atoms with Gasteiger partial charge < -0.3 is 10.5 Å². The molecule has 1 aliphatic carbocycles. The topological polar surface area (TPSA) is 55.6 Å². The molecule has 2 aliphatic rings. The summed E-state index contributed by atoms with van der Waals surface area (Å²) in [6.45, 7) is 0.515. The normalized spacial score (nSPS) is 22.1. The third kappa shape index (κ3) is 1.55. The first kappa shape index (κ1) is 10.4. The Bertz CT molecular complexity index is 452. The van der Waals surface area contributed by atoms with Gasteiger partial charge in [0.25, 0.3) is 0 Å². The number of nitrogens with zero attached hydrogens (tertiary/aromatic N) is 1. The van der Waals surface area contributed by atoms with Gasteiger partial charge in [0, 0.05) is 11.4 Å². The second kappa shape index (κ2) is 3.65. The van der Waals surface area contributed by atoms with Crippen LogP contribution < -0.4 is 10.6 Å². The lowest BCUT2D eigenvalue weighted by Crippen LogP contribution is -2.45. The first-order valence-electron chi connectivity index (χ1n) is 6.04. The summed E-state index contributed by atoms with van der Waals surface area (Å²) in [4.78, 5) is 13.7. The molecule has 0 bridgehead atoms. The Kier molecular flexibility index (Phi) is 2.24. The zero-order valence-corrected chi connectivity index (χ0v) is 9.69. The van der Waals surface area contributed by atoms with Crippen molar-refractivity contribution in [3.8, 4) is 0 Å². The van der Waals surface area contributed by atoms with Crippen molar-refractivity contribution in [2.45, 2.75) is 31.2 Å². The summed E-state index contributed by atoms with van der Waals surface area (Å²) >= 11 is 0. The van der Waals surface area contributed by atoms with E-state index in [0.29, 0.717) is 12.3 Å². The van der Waals surface area contributed by atoms with Crippen LogP contribution in [0, 0.1) is 0 Å². The first-order valence-corrected chi connectivity index (χ1v) is 6.04. The van der Waals surface area contributed by atoms with Gasteiger partial charge in [-0.3, -0.25) is 4.90 Å². The lowest BCUT2D eigenvalue weighted by atomic mass is 9.97. The highest BCUT2D eigenvalue weighted by Crippen LogP contribution is 2.42. The van der Waals surface area contributed by atoms with Crippen LogP contribution in [0.15, 0.2) is 24.3 Å². The Hall–Kier alpha value is -1.71. The number of hydrogen-bond donors (Lipinski definition) is 1. The molecule has 1 aromatic carbocycles. The Morgan fingerprint density at radius 3 is 2.76 bits per heavy atom. The molecule has 1 amide bonds. The molecular formula is C13H16N2O2. The fraction of sp³-hybridized carbons (Fsp3) is 0.462. The molecule has 2 N–H and O–H groups in total. The molecule has 1 heterocycles. The molecule has 1 spiro atoms. The van der Waals surface area contributed by atoms with Crippen LogP contribution in [-0.2, 0) is 4.74 Å². The summed E-state index contributed by atoms with van der Waals surface area (Å²) < 4.78 is 5.24. The van der Waals surface area contributed by atoms with Gasteiger partial charge >= 0.3 is 6.09 Å². The van der Waals surface area contributed by atoms with E-state index in [9.17, 15) is 4.79 Å². The highest BCUT2D eigenvalue weighted by Gasteiger charge is 2.49. The molecule has 1 saturated carbocycles. The van der Waals surface area contributed by atoms with Crippen LogP contribution in [0.4, 0.5) is 16.2 Å². The minimum Gasteiger partial charge on any atom is -0.447 e. The molecular weight excluding hydrogens is 216 g/mol. The molecule has 1 aliphatic heterocycles. The number of nitrogens with two attached hydrogens (primary N) is 1. The van der Waals surface area contributed by atoms with E-state index in [1.165, 1.54) is 0 Å². The van der Waals surface area contributed by atoms with E-state index in [2.05, 4.69) is 0 Å². The fourth-order valence-electron chi connectivity index (χ4n) is 2.96. The summed E-state index contributed by atoms with van der Waals surface area (Å²) in [6.07, 6.45) is 4.13. The third-order valence-electron chi connectivity index (χ3n) is 3.78. The zero-order valence-electron chi connectivity index (χ0n) is 9.69. The van der Waals surface area contributed by atoms with Crippen molar-refractivity contribution in [2.75, 3.05) is 17.2 Å². The van der Waals surface area contributed by atoms with E-state index < -0.39 is 0 Å². The number of anilines is 2. The molecule has 1 aromatic rings. The molecule has 4 nitrogen and oxygen atoms in total. The molecule has 0 aromatic heterocycles. The lowest BCUT2D eigenvalue weighted by molar-refractivity contribution is 0.173. The lowest BCUT2D eigenvalue weighted by Gasteiger charge is -2.31. The van der Waals surface area contributed by atoms with Gasteiger partial charge in [-0.15, -0.1) is 0 Å². The van der Waals surface area contributed by atoms with E-state index in [1.807, 2.05) is 24.3 Å². The van der Waals surface area contributed by atoms with Crippen LogP contribution >= 0.6 is 0 Å². The SMILES string of the molecule is Nc1cccc(N2C(=O)OCC23CCCC3)c1. The Balaban J connectivity index is 2.01. The van der Waals surface area contributed by atoms with E-state index in [-0.39, 0.29) is 11.6 Å². The van der Waals surface area contributed by atoms with Crippen molar-refractivity contribution in [1.29, 1.82) is 0 Å². The van der Waals surface area contributed by atoms with Gasteiger partial charge in [-0.1, -0.05) is 18.9 Å². The number of benzene rings is 1. The van der Waals surface area contributed by atoms with Crippen LogP contribution in [0.3, 0.4) is 0 Å². The number of ether oxygens (including phenoxy) is 1. The fourth-order valence-corrected chi connectivity index (χ4v) is 2.96. The molecule has 90 valence electrons. The summed E-state index contributed by atoms with van der Waals surface area (Å²) in [7, 11) is 0. The maximum absolute atomic E-state index is 11.9. The van der Waals surface area contributed by atoms with Gasteiger partial charge in [-0.25, -0.2) is 4.79 Å². The average Bonchev–Trinajstić information content (AvgIpc) is 2.88. The van der Waals surface area contributed by atoms with Gasteiger partial charge in [0.05, 0.1) is 5.54 Å². The van der Waals surface area contributed by atoms with Crippen LogP contribution in [0.25, 0.3) is 0 Å². The third-order valence-corrected chi connectivity index (χ3v) is 3.78. The van der Waals surface area contributed by atoms with Crippen LogP contribution in [-0.4, -0.2) is 18.2 Å². The number of carbonyl (C=O) groups excluding carboxylic acids is 1. The molecule has 0 unspecified atom stereocenters. The molecule has 2 fully saturated rings. The van der Waals surface area contributed by atoms with Gasteiger partial charge in [-0.2, -0.15) is 0 Å². The van der Waals surface area contributed by atoms with E-state index in [0.717, 1.165) is 31.4 Å². The number of rotatable bonds is 1. The predicted octanol–water partition coefficient (Wildman–Crippen LogP) is 2.54. The highest BCUT2D eigenvalue weighted by molar-refractivity contribution is 5.92. The second-order valence-electron chi connectivity index (χ2n) is 4.92. The van der Waals surface area contributed by atoms with E-state index in [1.54, 1.807) is 4.90 Å². The van der Waals surface area contributed by atoms with Crippen LogP contribution in [0.5, 0.6) is 0 Å². The Morgan fingerprint density at radius 2 is 2.06 bits per heavy atom. The maximum atomic E-state index is 11.9. The van der Waals surface area contributed by atoms with Crippen molar-refractivity contribution in [2.24, 2.45) is 0 Å². The van der Waals surface area contributed by atoms with Crippen molar-refractivity contribution in [3.63, 3.8) is 0 Å². The van der Waals surface area contributed by atoms with Crippen LogP contribution in [0.2, 0.25) is 0 Å².